The third kappa shape index (κ3) is 3.94. The molecule has 0 unspecified atom stereocenters. The molecule has 0 atom stereocenters. The largest absolute Gasteiger partial charge is 0.486 e. The van der Waals surface area contributed by atoms with E-state index in [4.69, 9.17) is 9.84 Å². The molecule has 20 heavy (non-hydrogen) atoms. The minimum atomic E-state index is -1.33. The molecule has 1 amide bonds. The number of carboxylic acid groups (broad SMARTS) is 1. The minimum Gasteiger partial charge on any atom is -0.486 e. The van der Waals surface area contributed by atoms with Crippen LogP contribution in [0.4, 0.5) is 5.69 Å². The highest BCUT2D eigenvalue weighted by Crippen LogP contribution is 2.30. The maximum absolute atomic E-state index is 11.2. The van der Waals surface area contributed by atoms with Gasteiger partial charge in [-0.2, -0.15) is 0 Å². The fraction of sp³-hybridized carbons (Fsp3) is 0.333. The van der Waals surface area contributed by atoms with Gasteiger partial charge in [0.15, 0.2) is 0 Å². The van der Waals surface area contributed by atoms with Gasteiger partial charge in [-0.05, 0) is 13.0 Å². The van der Waals surface area contributed by atoms with E-state index in [2.05, 4.69) is 5.32 Å². The Labute approximate surface area is 114 Å². The zero-order chi connectivity index (χ0) is 15.1. The lowest BCUT2D eigenvalue weighted by atomic mass is 10.1. The second-order valence-electron chi connectivity index (χ2n) is 3.77. The van der Waals surface area contributed by atoms with Crippen molar-refractivity contribution in [1.29, 1.82) is 0 Å². The number of carbonyl (C=O) groups excluding carboxylic acids is 1. The van der Waals surface area contributed by atoms with Gasteiger partial charge in [-0.1, -0.05) is 6.07 Å². The predicted octanol–water partition coefficient (Wildman–Crippen LogP) is 1.20. The zero-order valence-corrected chi connectivity index (χ0v) is 10.8. The van der Waals surface area contributed by atoms with E-state index in [-0.39, 0.29) is 30.2 Å². The molecule has 1 aromatic rings. The van der Waals surface area contributed by atoms with Gasteiger partial charge in [0.1, 0.15) is 5.56 Å². The Morgan fingerprint density at radius 1 is 1.45 bits per heavy atom. The van der Waals surface area contributed by atoms with E-state index in [0.717, 1.165) is 6.07 Å². The first-order valence-electron chi connectivity index (χ1n) is 5.87. The molecule has 0 heterocycles. The number of nitro benzene ring substituents is 1. The topological polar surface area (TPSA) is 119 Å². The van der Waals surface area contributed by atoms with Gasteiger partial charge in [-0.15, -0.1) is 0 Å². The molecule has 108 valence electrons. The zero-order valence-electron chi connectivity index (χ0n) is 10.8. The molecule has 0 aliphatic carbocycles. The van der Waals surface area contributed by atoms with Gasteiger partial charge in [0.05, 0.1) is 18.0 Å². The molecule has 0 spiro atoms. The number of hydrogen-bond donors (Lipinski definition) is 2. The molecule has 0 aliphatic rings. The van der Waals surface area contributed by atoms with Gasteiger partial charge in [-0.3, -0.25) is 14.9 Å². The summed E-state index contributed by atoms with van der Waals surface area (Å²) in [5.74, 6) is -1.95. The number of rotatable bonds is 7. The van der Waals surface area contributed by atoms with Crippen LogP contribution in [0.15, 0.2) is 18.2 Å². The first-order chi connectivity index (χ1) is 9.47. The molecule has 0 saturated heterocycles. The summed E-state index contributed by atoms with van der Waals surface area (Å²) in [6.07, 6.45) is -0.0149. The average Bonchev–Trinajstić information content (AvgIpc) is 2.38. The molecule has 0 fully saturated rings. The van der Waals surface area contributed by atoms with Crippen LogP contribution in [0.25, 0.3) is 0 Å². The van der Waals surface area contributed by atoms with Crippen LogP contribution >= 0.6 is 0 Å². The molecule has 1 aromatic carbocycles. The normalized spacial score (nSPS) is 9.85. The van der Waals surface area contributed by atoms with Crippen molar-refractivity contribution in [3.63, 3.8) is 0 Å². The molecule has 0 bridgehead atoms. The highest BCUT2D eigenvalue weighted by atomic mass is 16.6. The molecule has 8 nitrogen and oxygen atoms in total. The maximum Gasteiger partial charge on any atom is 0.339 e. The van der Waals surface area contributed by atoms with Crippen LogP contribution in [0.1, 0.15) is 23.7 Å². The Hall–Kier alpha value is -2.64. The Kier molecular flexibility index (Phi) is 5.45. The molecule has 0 radical (unpaired) electrons. The van der Waals surface area contributed by atoms with Crippen LogP contribution in [0.2, 0.25) is 0 Å². The molecule has 1 rings (SSSR count). The number of hydrogen-bond acceptors (Lipinski definition) is 5. The summed E-state index contributed by atoms with van der Waals surface area (Å²) in [4.78, 5) is 32.4. The summed E-state index contributed by atoms with van der Waals surface area (Å²) in [7, 11) is 0. The molecule has 8 heteroatoms. The Morgan fingerprint density at radius 2 is 2.15 bits per heavy atom. The van der Waals surface area contributed by atoms with Crippen molar-refractivity contribution >= 4 is 17.6 Å². The third-order valence-electron chi connectivity index (χ3n) is 2.37. The third-order valence-corrected chi connectivity index (χ3v) is 2.37. The van der Waals surface area contributed by atoms with Crippen molar-refractivity contribution in [2.45, 2.75) is 13.3 Å². The number of nitrogens with one attached hydrogen (secondary N) is 1. The number of nitrogens with zero attached hydrogens (tertiary/aromatic N) is 1. The molecular formula is C12H14N2O6. The second kappa shape index (κ2) is 7.07. The van der Waals surface area contributed by atoms with Crippen LogP contribution in [0.3, 0.4) is 0 Å². The summed E-state index contributed by atoms with van der Waals surface area (Å²) in [6.45, 7) is 2.07. The number of aromatic carboxylic acids is 1. The van der Waals surface area contributed by atoms with Gasteiger partial charge in [0, 0.05) is 12.6 Å². The van der Waals surface area contributed by atoms with Crippen molar-refractivity contribution in [1.82, 2.24) is 5.32 Å². The van der Waals surface area contributed by atoms with Gasteiger partial charge in [0.25, 0.3) is 0 Å². The molecule has 2 N–H and O–H groups in total. The van der Waals surface area contributed by atoms with Crippen LogP contribution in [0, 0.1) is 10.1 Å². The standard InChI is InChI=1S/C12H14N2O6/c1-2-13-10(15)6-7-20-11-8(12(16)17)4-3-5-9(11)14(18)19/h3-5H,2,6-7H2,1H3,(H,13,15)(H,16,17). The number of amides is 1. The minimum absolute atomic E-state index is 0.0149. The monoisotopic (exact) mass is 282 g/mol. The van der Waals surface area contributed by atoms with Crippen molar-refractivity contribution < 1.29 is 24.4 Å². The number of carbonyl (C=O) groups is 2. The Bertz CT molecular complexity index is 496. The van der Waals surface area contributed by atoms with E-state index in [0.29, 0.717) is 6.54 Å². The summed E-state index contributed by atoms with van der Waals surface area (Å²) in [6, 6.07) is 3.61. The molecule has 0 aliphatic heterocycles. The van der Waals surface area contributed by atoms with Crippen molar-refractivity contribution in [3.05, 3.63) is 33.9 Å². The summed E-state index contributed by atoms with van der Waals surface area (Å²) in [5, 5.41) is 22.4. The Balaban J connectivity index is 2.88. The number of carboxylic acids is 1. The number of ether oxygens (including phenoxy) is 1. The highest BCUT2D eigenvalue weighted by Gasteiger charge is 2.23. The van der Waals surface area contributed by atoms with Crippen molar-refractivity contribution in [3.8, 4) is 5.75 Å². The van der Waals surface area contributed by atoms with Crippen LogP contribution in [-0.2, 0) is 4.79 Å². The number of benzene rings is 1. The fourth-order valence-electron chi connectivity index (χ4n) is 1.52. The summed E-state index contributed by atoms with van der Waals surface area (Å²) < 4.78 is 5.12. The lowest BCUT2D eigenvalue weighted by Gasteiger charge is -2.09. The quantitative estimate of drug-likeness (QED) is 0.573. The van der Waals surface area contributed by atoms with E-state index in [9.17, 15) is 19.7 Å². The number of nitro groups is 1. The fourth-order valence-corrected chi connectivity index (χ4v) is 1.52. The molecular weight excluding hydrogens is 268 g/mol. The Morgan fingerprint density at radius 3 is 2.70 bits per heavy atom. The lowest BCUT2D eigenvalue weighted by Crippen LogP contribution is -2.24. The van der Waals surface area contributed by atoms with E-state index < -0.39 is 16.6 Å². The lowest BCUT2D eigenvalue weighted by molar-refractivity contribution is -0.385. The van der Waals surface area contributed by atoms with Gasteiger partial charge < -0.3 is 15.2 Å². The van der Waals surface area contributed by atoms with Crippen LogP contribution in [-0.4, -0.2) is 35.1 Å². The van der Waals surface area contributed by atoms with Gasteiger partial charge in [0.2, 0.25) is 11.7 Å². The van der Waals surface area contributed by atoms with Gasteiger partial charge >= 0.3 is 11.7 Å². The van der Waals surface area contributed by atoms with Crippen LogP contribution < -0.4 is 10.1 Å². The van der Waals surface area contributed by atoms with E-state index in [1.807, 2.05) is 0 Å². The van der Waals surface area contributed by atoms with Crippen molar-refractivity contribution in [2.24, 2.45) is 0 Å². The van der Waals surface area contributed by atoms with E-state index >= 15 is 0 Å². The second-order valence-corrected chi connectivity index (χ2v) is 3.77. The summed E-state index contributed by atoms with van der Waals surface area (Å²) in [5.41, 5.74) is -0.754. The average molecular weight is 282 g/mol. The first kappa shape index (κ1) is 15.4. The van der Waals surface area contributed by atoms with Crippen LogP contribution in [0.5, 0.6) is 5.75 Å². The smallest absolute Gasteiger partial charge is 0.339 e. The highest BCUT2D eigenvalue weighted by molar-refractivity contribution is 5.92. The maximum atomic E-state index is 11.2. The SMILES string of the molecule is CCNC(=O)CCOc1c(C(=O)O)cccc1[N+](=O)[O-]. The van der Waals surface area contributed by atoms with Crippen molar-refractivity contribution in [2.75, 3.05) is 13.2 Å². The predicted molar refractivity (Wildman–Crippen MR) is 68.9 cm³/mol. The molecule has 0 saturated carbocycles. The summed E-state index contributed by atoms with van der Waals surface area (Å²) >= 11 is 0. The van der Waals surface area contributed by atoms with Gasteiger partial charge in [-0.25, -0.2) is 4.79 Å². The van der Waals surface area contributed by atoms with E-state index in [1.54, 1.807) is 6.92 Å². The molecule has 0 aromatic heterocycles. The van der Waals surface area contributed by atoms with E-state index in [1.165, 1.54) is 12.1 Å². The number of para-hydroxylation sites is 1. The first-order valence-corrected chi connectivity index (χ1v) is 5.87.